The minimum Gasteiger partial charge on any atom is -0.309 e. The van der Waals surface area contributed by atoms with Crippen LogP contribution in [0.5, 0.6) is 0 Å². The van der Waals surface area contributed by atoms with Gasteiger partial charge < -0.3 is 9.80 Å². The third kappa shape index (κ3) is 4.53. The number of nitrogens with zero attached hydrogens (tertiary/aromatic N) is 2. The fourth-order valence-corrected chi connectivity index (χ4v) is 19.3. The van der Waals surface area contributed by atoms with Gasteiger partial charge in [-0.15, -0.1) is 0 Å². The molecule has 8 aromatic carbocycles. The summed E-state index contributed by atoms with van der Waals surface area (Å²) < 4.78 is 0. The Morgan fingerprint density at radius 2 is 0.655 bits per heavy atom. The summed E-state index contributed by atoms with van der Waals surface area (Å²) >= 11 is 0. The molecule has 8 aromatic rings. The Labute approximate surface area is 342 Å². The van der Waals surface area contributed by atoms with E-state index in [9.17, 15) is 0 Å². The number of anilines is 6. The Morgan fingerprint density at radius 1 is 0.345 bits per heavy atom. The molecule has 12 rings (SSSR count). The summed E-state index contributed by atoms with van der Waals surface area (Å²) in [6.07, 6.45) is 9.07. The lowest BCUT2D eigenvalue weighted by Crippen LogP contribution is -2.63. The predicted molar refractivity (Wildman–Crippen MR) is 256 cm³/mol. The summed E-state index contributed by atoms with van der Waals surface area (Å²) in [7, 11) is -4.50. The first-order valence-electron chi connectivity index (χ1n) is 20.5. The van der Waals surface area contributed by atoms with Gasteiger partial charge in [0.15, 0.2) is 0 Å². The van der Waals surface area contributed by atoms with E-state index in [0.717, 1.165) is 0 Å². The molecule has 4 heteroatoms. The van der Waals surface area contributed by atoms with Gasteiger partial charge in [-0.05, 0) is 125 Å². The predicted octanol–water partition coefficient (Wildman–Crippen LogP) is 12.4. The van der Waals surface area contributed by atoms with Gasteiger partial charge in [-0.1, -0.05) is 160 Å². The van der Waals surface area contributed by atoms with Gasteiger partial charge in [-0.25, -0.2) is 0 Å². The lowest BCUT2D eigenvalue weighted by atomic mass is 9.92. The van der Waals surface area contributed by atoms with Crippen molar-refractivity contribution < 1.29 is 0 Å². The largest absolute Gasteiger partial charge is 0.309 e. The minimum absolute atomic E-state index is 1.22. The molecule has 0 fully saturated rings. The lowest BCUT2D eigenvalue weighted by molar-refractivity contribution is 1.28. The van der Waals surface area contributed by atoms with Gasteiger partial charge in [0.1, 0.15) is 16.1 Å². The highest BCUT2D eigenvalue weighted by molar-refractivity contribution is 7.13. The Hall–Kier alpha value is -6.47. The highest BCUT2D eigenvalue weighted by atomic mass is 28.3. The summed E-state index contributed by atoms with van der Waals surface area (Å²) in [6.45, 7) is 10.5. The highest BCUT2D eigenvalue weighted by Crippen LogP contribution is 2.47. The second kappa shape index (κ2) is 12.0. The highest BCUT2D eigenvalue weighted by Gasteiger charge is 2.49. The van der Waals surface area contributed by atoms with E-state index >= 15 is 0 Å². The van der Waals surface area contributed by atoms with E-state index in [1.54, 1.807) is 10.4 Å². The fraction of sp³-hybridized carbons (Fsp3) is 0.0741. The lowest BCUT2D eigenvalue weighted by Gasteiger charge is -2.31. The first kappa shape index (κ1) is 33.7. The standard InChI is InChI=1S/C54H42N2Si2/c1-57(2)49-33-39(55-45-21-11-5-15-35(45)25-26-36-16-6-12-22-46(36)55)29-31-43(49)51-41-19-9-10-20-42(41)52-44-32-30-40(34-50(44)58(3,4)54(52)53(51)57)56-47-23-13-7-17-37(47)27-28-38-18-8-14-24-48(38)56/h5-34H,1-4H3. The SMILES string of the molecule is C[Si]1(C)c2cc(N3c4ccccc4C=Cc4ccccc43)ccc2-c2c1c1c(c3ccccc23)-c2ccc(N3c4ccccc4C=Cc4ccccc43)cc2[Si]1(C)C. The van der Waals surface area contributed by atoms with Crippen molar-refractivity contribution in [2.45, 2.75) is 26.2 Å². The molecule has 0 N–H and O–H groups in total. The van der Waals surface area contributed by atoms with Crippen molar-refractivity contribution in [1.29, 1.82) is 0 Å². The van der Waals surface area contributed by atoms with Crippen molar-refractivity contribution in [3.8, 4) is 22.3 Å². The smallest absolute Gasteiger partial charge is 0.113 e. The number of rotatable bonds is 2. The molecule has 4 aliphatic rings. The van der Waals surface area contributed by atoms with Crippen LogP contribution in [0.15, 0.2) is 158 Å². The number of fused-ring (bicyclic) bond motifs is 14. The van der Waals surface area contributed by atoms with Crippen LogP contribution in [-0.2, 0) is 0 Å². The van der Waals surface area contributed by atoms with Crippen molar-refractivity contribution in [3.63, 3.8) is 0 Å². The van der Waals surface area contributed by atoms with Gasteiger partial charge in [0.25, 0.3) is 0 Å². The Bertz CT molecular complexity index is 2840. The van der Waals surface area contributed by atoms with Gasteiger partial charge in [-0.3, -0.25) is 0 Å². The van der Waals surface area contributed by atoms with Crippen LogP contribution in [0.25, 0.3) is 57.3 Å². The average molecular weight is 775 g/mol. The van der Waals surface area contributed by atoms with Crippen LogP contribution in [0.3, 0.4) is 0 Å². The van der Waals surface area contributed by atoms with Crippen LogP contribution in [-0.4, -0.2) is 16.1 Å². The molecule has 0 aromatic heterocycles. The Kier molecular flexibility index (Phi) is 6.98. The number of hydrogen-bond acceptors (Lipinski definition) is 2. The second-order valence-corrected chi connectivity index (χ2v) is 25.9. The van der Waals surface area contributed by atoms with Crippen molar-refractivity contribution in [2.75, 3.05) is 9.80 Å². The van der Waals surface area contributed by atoms with Gasteiger partial charge in [0, 0.05) is 11.4 Å². The van der Waals surface area contributed by atoms with Crippen LogP contribution in [0, 0.1) is 0 Å². The topological polar surface area (TPSA) is 6.48 Å². The molecule has 0 unspecified atom stereocenters. The average Bonchev–Trinajstić information content (AvgIpc) is 3.44. The molecule has 0 atom stereocenters. The third-order valence-electron chi connectivity index (χ3n) is 13.5. The van der Waals surface area contributed by atoms with Crippen LogP contribution in [0.2, 0.25) is 26.2 Å². The summed E-state index contributed by atoms with van der Waals surface area (Å²) in [4.78, 5) is 4.98. The molecule has 0 spiro atoms. The van der Waals surface area contributed by atoms with Gasteiger partial charge in [0.05, 0.1) is 22.7 Å². The minimum atomic E-state index is -2.25. The normalized spacial score (nSPS) is 15.7. The summed E-state index contributed by atoms with van der Waals surface area (Å²) in [5, 5.41) is 9.18. The van der Waals surface area contributed by atoms with Crippen molar-refractivity contribution in [1.82, 2.24) is 0 Å². The molecular formula is C54H42N2Si2. The van der Waals surface area contributed by atoms with E-state index in [2.05, 4.69) is 218 Å². The maximum Gasteiger partial charge on any atom is 0.113 e. The molecule has 0 saturated heterocycles. The Morgan fingerprint density at radius 3 is 1.00 bits per heavy atom. The maximum absolute atomic E-state index is 2.62. The molecule has 4 heterocycles. The molecule has 2 nitrogen and oxygen atoms in total. The third-order valence-corrected chi connectivity index (χ3v) is 20.7. The fourth-order valence-electron chi connectivity index (χ4n) is 10.8. The van der Waals surface area contributed by atoms with Gasteiger partial charge in [-0.2, -0.15) is 0 Å². The first-order chi connectivity index (χ1) is 28.3. The first-order valence-corrected chi connectivity index (χ1v) is 26.5. The van der Waals surface area contributed by atoms with E-state index in [0.29, 0.717) is 0 Å². The monoisotopic (exact) mass is 774 g/mol. The second-order valence-electron chi connectivity index (χ2n) is 17.3. The number of hydrogen-bond donors (Lipinski definition) is 0. The van der Waals surface area contributed by atoms with Crippen LogP contribution >= 0.6 is 0 Å². The van der Waals surface area contributed by atoms with Gasteiger partial charge in [0.2, 0.25) is 0 Å². The number of benzene rings is 8. The van der Waals surface area contributed by atoms with E-state index in [-0.39, 0.29) is 0 Å². The van der Waals surface area contributed by atoms with Gasteiger partial charge >= 0.3 is 0 Å². The molecule has 0 radical (unpaired) electrons. The van der Waals surface area contributed by atoms with Crippen molar-refractivity contribution in [2.24, 2.45) is 0 Å². The maximum atomic E-state index is 2.62. The zero-order chi connectivity index (χ0) is 38.9. The molecule has 276 valence electrons. The van der Waals surface area contributed by atoms with Crippen LogP contribution in [0.4, 0.5) is 34.1 Å². The summed E-state index contributed by atoms with van der Waals surface area (Å²) in [5.41, 5.74) is 18.1. The van der Waals surface area contributed by atoms with Crippen molar-refractivity contribution in [3.05, 3.63) is 180 Å². The van der Waals surface area contributed by atoms with E-state index in [1.165, 1.54) is 99.8 Å². The molecular weight excluding hydrogens is 733 g/mol. The molecule has 0 aliphatic carbocycles. The number of para-hydroxylation sites is 4. The van der Waals surface area contributed by atoms with E-state index < -0.39 is 16.1 Å². The van der Waals surface area contributed by atoms with E-state index in [1.807, 2.05) is 0 Å². The Balaban J connectivity index is 1.06. The molecule has 0 saturated carbocycles. The summed E-state index contributed by atoms with van der Waals surface area (Å²) in [5.74, 6) is 0. The zero-order valence-corrected chi connectivity index (χ0v) is 35.2. The summed E-state index contributed by atoms with van der Waals surface area (Å²) in [6, 6.07) is 59.4. The molecule has 4 aliphatic heterocycles. The van der Waals surface area contributed by atoms with E-state index in [4.69, 9.17) is 0 Å². The van der Waals surface area contributed by atoms with Crippen molar-refractivity contribution >= 4 is 106 Å². The van der Waals surface area contributed by atoms with Crippen LogP contribution in [0.1, 0.15) is 22.3 Å². The quantitative estimate of drug-likeness (QED) is 0.161. The van der Waals surface area contributed by atoms with Crippen LogP contribution < -0.4 is 30.5 Å². The molecule has 0 bridgehead atoms. The molecule has 58 heavy (non-hydrogen) atoms. The zero-order valence-electron chi connectivity index (χ0n) is 33.2. The molecule has 0 amide bonds.